The SMILES string of the molecule is COc1cc(/C=C/C(=O)c2ccccc2F)cc([N+](=O)[O-])c1[O-]. The van der Waals surface area contributed by atoms with Crippen molar-refractivity contribution in [1.82, 2.24) is 0 Å². The van der Waals surface area contributed by atoms with Gasteiger partial charge in [0.2, 0.25) is 0 Å². The summed E-state index contributed by atoms with van der Waals surface area (Å²) >= 11 is 0. The second-order valence-corrected chi connectivity index (χ2v) is 4.51. The van der Waals surface area contributed by atoms with Crippen LogP contribution < -0.4 is 9.84 Å². The summed E-state index contributed by atoms with van der Waals surface area (Å²) in [6, 6.07) is 7.74. The van der Waals surface area contributed by atoms with E-state index < -0.39 is 28.0 Å². The first-order valence-electron chi connectivity index (χ1n) is 6.44. The van der Waals surface area contributed by atoms with Crippen LogP contribution in [0.4, 0.5) is 10.1 Å². The Bertz CT molecular complexity index is 801. The minimum absolute atomic E-state index is 0.120. The molecule has 7 heteroatoms. The van der Waals surface area contributed by atoms with Crippen LogP contribution in [0.2, 0.25) is 0 Å². The van der Waals surface area contributed by atoms with Crippen molar-refractivity contribution in [3.63, 3.8) is 0 Å². The van der Waals surface area contributed by atoms with Crippen molar-refractivity contribution < 1.29 is 24.0 Å². The summed E-state index contributed by atoms with van der Waals surface area (Å²) < 4.78 is 18.3. The van der Waals surface area contributed by atoms with E-state index in [1.54, 1.807) is 0 Å². The number of carbonyl (C=O) groups is 1. The van der Waals surface area contributed by atoms with Gasteiger partial charge in [0.1, 0.15) is 11.6 Å². The van der Waals surface area contributed by atoms with Crippen molar-refractivity contribution >= 4 is 17.5 Å². The van der Waals surface area contributed by atoms with Gasteiger partial charge in [0.05, 0.1) is 17.6 Å². The number of benzene rings is 2. The second-order valence-electron chi connectivity index (χ2n) is 4.51. The topological polar surface area (TPSA) is 92.5 Å². The number of allylic oxidation sites excluding steroid dienone is 1. The molecule has 0 radical (unpaired) electrons. The molecule has 0 N–H and O–H groups in total. The van der Waals surface area contributed by atoms with Gasteiger partial charge in [-0.1, -0.05) is 18.2 Å². The fourth-order valence-electron chi connectivity index (χ4n) is 1.91. The van der Waals surface area contributed by atoms with Gasteiger partial charge >= 0.3 is 0 Å². The zero-order valence-electron chi connectivity index (χ0n) is 12.0. The number of ether oxygens (including phenoxy) is 1. The summed E-state index contributed by atoms with van der Waals surface area (Å²) in [5.74, 6) is -2.33. The molecule has 0 spiro atoms. The summed E-state index contributed by atoms with van der Waals surface area (Å²) in [4.78, 5) is 21.9. The van der Waals surface area contributed by atoms with Crippen molar-refractivity contribution in [3.8, 4) is 11.5 Å². The van der Waals surface area contributed by atoms with Gasteiger partial charge in [-0.25, -0.2) is 4.39 Å². The molecule has 2 rings (SSSR count). The van der Waals surface area contributed by atoms with Gasteiger partial charge < -0.3 is 9.84 Å². The molecular formula is C16H11FNO5-. The average Bonchev–Trinajstić information content (AvgIpc) is 2.53. The van der Waals surface area contributed by atoms with Gasteiger partial charge in [0, 0.05) is 11.8 Å². The second kappa shape index (κ2) is 6.69. The van der Waals surface area contributed by atoms with Crippen LogP contribution in [-0.2, 0) is 0 Å². The maximum Gasteiger partial charge on any atom is 0.266 e. The third kappa shape index (κ3) is 3.52. The number of hydrogen-bond acceptors (Lipinski definition) is 5. The predicted molar refractivity (Wildman–Crippen MR) is 78.9 cm³/mol. The highest BCUT2D eigenvalue weighted by atomic mass is 19.1. The number of nitrogens with zero attached hydrogens (tertiary/aromatic N) is 1. The van der Waals surface area contributed by atoms with Crippen molar-refractivity contribution in [1.29, 1.82) is 0 Å². The number of rotatable bonds is 5. The Morgan fingerprint density at radius 1 is 1.30 bits per heavy atom. The number of hydrogen-bond donors (Lipinski definition) is 0. The fourth-order valence-corrected chi connectivity index (χ4v) is 1.91. The minimum atomic E-state index is -0.852. The van der Waals surface area contributed by atoms with Crippen molar-refractivity contribution in [2.45, 2.75) is 0 Å². The number of carbonyl (C=O) groups excluding carboxylic acids is 1. The Labute approximate surface area is 130 Å². The highest BCUT2D eigenvalue weighted by Crippen LogP contribution is 2.34. The molecule has 0 amide bonds. The molecule has 2 aromatic rings. The number of methoxy groups -OCH3 is 1. The zero-order chi connectivity index (χ0) is 17.0. The molecule has 0 unspecified atom stereocenters. The van der Waals surface area contributed by atoms with Crippen LogP contribution in [0.25, 0.3) is 6.08 Å². The van der Waals surface area contributed by atoms with E-state index in [-0.39, 0.29) is 16.9 Å². The quantitative estimate of drug-likeness (QED) is 0.366. The molecule has 0 saturated heterocycles. The van der Waals surface area contributed by atoms with E-state index in [9.17, 15) is 24.4 Å². The van der Waals surface area contributed by atoms with Crippen LogP contribution in [0.1, 0.15) is 15.9 Å². The van der Waals surface area contributed by atoms with Crippen molar-refractivity contribution in [2.75, 3.05) is 7.11 Å². The predicted octanol–water partition coefficient (Wildman–Crippen LogP) is 2.71. The van der Waals surface area contributed by atoms with Crippen LogP contribution in [-0.4, -0.2) is 17.8 Å². The molecular weight excluding hydrogens is 305 g/mol. The lowest BCUT2D eigenvalue weighted by atomic mass is 10.1. The fraction of sp³-hybridized carbons (Fsp3) is 0.0625. The monoisotopic (exact) mass is 316 g/mol. The van der Waals surface area contributed by atoms with Gasteiger partial charge in [-0.3, -0.25) is 14.9 Å². The molecule has 0 saturated carbocycles. The molecule has 118 valence electrons. The van der Waals surface area contributed by atoms with E-state index in [1.165, 1.54) is 37.5 Å². The van der Waals surface area contributed by atoms with Crippen LogP contribution in [0.5, 0.6) is 11.5 Å². The van der Waals surface area contributed by atoms with E-state index in [0.29, 0.717) is 0 Å². The number of halogens is 1. The van der Waals surface area contributed by atoms with Gasteiger partial charge in [0.15, 0.2) is 5.78 Å². The normalized spacial score (nSPS) is 10.7. The van der Waals surface area contributed by atoms with Crippen LogP contribution >= 0.6 is 0 Å². The largest absolute Gasteiger partial charge is 0.865 e. The lowest BCUT2D eigenvalue weighted by Gasteiger charge is -2.13. The highest BCUT2D eigenvalue weighted by Gasteiger charge is 2.13. The van der Waals surface area contributed by atoms with E-state index in [2.05, 4.69) is 0 Å². The van der Waals surface area contributed by atoms with Gasteiger partial charge in [0.25, 0.3) is 5.69 Å². The Morgan fingerprint density at radius 2 is 2.00 bits per heavy atom. The van der Waals surface area contributed by atoms with Gasteiger partial charge in [-0.05, 0) is 29.8 Å². The van der Waals surface area contributed by atoms with Crippen LogP contribution in [0, 0.1) is 15.9 Å². The summed E-state index contributed by atoms with van der Waals surface area (Å²) in [6.45, 7) is 0. The molecule has 6 nitrogen and oxygen atoms in total. The molecule has 0 bridgehead atoms. The van der Waals surface area contributed by atoms with Crippen molar-refractivity contribution in [2.24, 2.45) is 0 Å². The number of nitro benzene ring substituents is 1. The first-order chi connectivity index (χ1) is 10.9. The Balaban J connectivity index is 2.36. The minimum Gasteiger partial charge on any atom is -0.865 e. The third-order valence-electron chi connectivity index (χ3n) is 3.04. The van der Waals surface area contributed by atoms with Crippen LogP contribution in [0.3, 0.4) is 0 Å². The van der Waals surface area contributed by atoms with E-state index >= 15 is 0 Å². The molecule has 0 aliphatic carbocycles. The molecule has 23 heavy (non-hydrogen) atoms. The number of nitro groups is 1. The molecule has 0 heterocycles. The molecule has 0 aromatic heterocycles. The highest BCUT2D eigenvalue weighted by molar-refractivity contribution is 6.07. The molecule has 0 aliphatic rings. The molecule has 0 atom stereocenters. The summed E-state index contributed by atoms with van der Waals surface area (Å²) in [7, 11) is 1.21. The summed E-state index contributed by atoms with van der Waals surface area (Å²) in [5.41, 5.74) is -0.564. The first-order valence-corrected chi connectivity index (χ1v) is 6.44. The Hall–Kier alpha value is -3.22. The summed E-state index contributed by atoms with van der Waals surface area (Å²) in [5, 5.41) is 22.5. The van der Waals surface area contributed by atoms with E-state index in [0.717, 1.165) is 18.2 Å². The van der Waals surface area contributed by atoms with Crippen LogP contribution in [0.15, 0.2) is 42.5 Å². The Morgan fingerprint density at radius 3 is 2.61 bits per heavy atom. The summed E-state index contributed by atoms with van der Waals surface area (Å²) in [6.07, 6.45) is 2.32. The van der Waals surface area contributed by atoms with E-state index in [4.69, 9.17) is 4.74 Å². The van der Waals surface area contributed by atoms with E-state index in [1.807, 2.05) is 0 Å². The van der Waals surface area contributed by atoms with Crippen molar-refractivity contribution in [3.05, 3.63) is 69.5 Å². The zero-order valence-corrected chi connectivity index (χ0v) is 12.0. The smallest absolute Gasteiger partial charge is 0.266 e. The maximum atomic E-state index is 13.5. The average molecular weight is 316 g/mol. The first kappa shape index (κ1) is 16.2. The van der Waals surface area contributed by atoms with Gasteiger partial charge in [-0.15, -0.1) is 0 Å². The molecule has 0 aliphatic heterocycles. The lowest BCUT2D eigenvalue weighted by Crippen LogP contribution is -2.01. The Kier molecular flexibility index (Phi) is 4.70. The molecule has 0 fully saturated rings. The lowest BCUT2D eigenvalue weighted by molar-refractivity contribution is -0.398. The molecule has 2 aromatic carbocycles. The number of ketones is 1. The third-order valence-corrected chi connectivity index (χ3v) is 3.04. The van der Waals surface area contributed by atoms with Gasteiger partial charge in [-0.2, -0.15) is 0 Å². The standard InChI is InChI=1S/C16H12FNO5/c1-23-15-9-10(8-13(16(15)20)18(21)22)6-7-14(19)11-4-2-3-5-12(11)17/h2-9,20H,1H3/p-1/b7-6+. The maximum absolute atomic E-state index is 13.5.